The fourth-order valence-corrected chi connectivity index (χ4v) is 2.83. The van der Waals surface area contributed by atoms with Crippen LogP contribution in [0.2, 0.25) is 5.15 Å². The molecule has 0 saturated carbocycles. The molecule has 0 fully saturated rings. The molecule has 2 heterocycles. The molecule has 3 rings (SSSR count). The first-order valence-corrected chi connectivity index (χ1v) is 6.67. The van der Waals surface area contributed by atoms with Crippen molar-refractivity contribution in [3.05, 3.63) is 35.1 Å². The van der Waals surface area contributed by atoms with Gasteiger partial charge in [-0.05, 0) is 37.1 Å². The van der Waals surface area contributed by atoms with Gasteiger partial charge in [-0.1, -0.05) is 11.6 Å². The van der Waals surface area contributed by atoms with Gasteiger partial charge in [-0.15, -0.1) is 0 Å². The van der Waals surface area contributed by atoms with Crippen molar-refractivity contribution >= 4 is 11.6 Å². The number of nitrogens with zero attached hydrogens (tertiary/aromatic N) is 2. The first-order chi connectivity index (χ1) is 9.20. The van der Waals surface area contributed by atoms with E-state index in [0.29, 0.717) is 5.15 Å². The minimum Gasteiger partial charge on any atom is -0.497 e. The van der Waals surface area contributed by atoms with Gasteiger partial charge >= 0.3 is 0 Å². The van der Waals surface area contributed by atoms with Crippen LogP contribution in [0.25, 0.3) is 11.4 Å². The van der Waals surface area contributed by atoms with Crippen molar-refractivity contribution < 1.29 is 9.84 Å². The van der Waals surface area contributed by atoms with Gasteiger partial charge in [0.1, 0.15) is 11.6 Å². The lowest BCUT2D eigenvalue weighted by atomic mass is 10.1. The number of hydrogen-bond acceptors (Lipinski definition) is 3. The minimum absolute atomic E-state index is 0.401. The zero-order chi connectivity index (χ0) is 13.4. The second kappa shape index (κ2) is 4.87. The van der Waals surface area contributed by atoms with E-state index in [9.17, 15) is 5.11 Å². The van der Waals surface area contributed by atoms with Crippen molar-refractivity contribution in [1.29, 1.82) is 0 Å². The number of hydrogen-bond donors (Lipinski definition) is 1. The van der Waals surface area contributed by atoms with Gasteiger partial charge in [0.2, 0.25) is 0 Å². The number of benzene rings is 1. The molecular formula is C14H15ClN2O2. The second-order valence-corrected chi connectivity index (χ2v) is 5.01. The standard InChI is InChI=1S/C14H15ClN2O2/c1-19-10-6-4-9(5-7-10)14-16-13(15)12-11(18)3-2-8-17(12)14/h4-7,11,18H,2-3,8H2,1H3. The van der Waals surface area contributed by atoms with Crippen LogP contribution in [0.5, 0.6) is 5.75 Å². The maximum absolute atomic E-state index is 10.0. The Morgan fingerprint density at radius 1 is 1.37 bits per heavy atom. The molecular weight excluding hydrogens is 264 g/mol. The molecule has 1 atom stereocenters. The third-order valence-electron chi connectivity index (χ3n) is 3.49. The Kier molecular flexibility index (Phi) is 3.21. The molecule has 0 radical (unpaired) electrons. The molecule has 1 aliphatic rings. The van der Waals surface area contributed by atoms with Crippen LogP contribution in [0.3, 0.4) is 0 Å². The Balaban J connectivity index is 2.07. The smallest absolute Gasteiger partial charge is 0.153 e. The van der Waals surface area contributed by atoms with Crippen LogP contribution >= 0.6 is 11.6 Å². The van der Waals surface area contributed by atoms with Crippen LogP contribution in [0.15, 0.2) is 24.3 Å². The highest BCUT2D eigenvalue weighted by molar-refractivity contribution is 6.30. The van der Waals surface area contributed by atoms with Crippen LogP contribution in [-0.4, -0.2) is 21.8 Å². The third-order valence-corrected chi connectivity index (χ3v) is 3.76. The molecule has 0 aliphatic carbocycles. The number of rotatable bonds is 2. The van der Waals surface area contributed by atoms with E-state index in [1.165, 1.54) is 0 Å². The van der Waals surface area contributed by atoms with Gasteiger partial charge in [0.25, 0.3) is 0 Å². The largest absolute Gasteiger partial charge is 0.497 e. The maximum atomic E-state index is 10.0. The van der Waals surface area contributed by atoms with Crippen LogP contribution in [0, 0.1) is 0 Å². The molecule has 4 nitrogen and oxygen atoms in total. The van der Waals surface area contributed by atoms with Crippen LogP contribution < -0.4 is 4.74 Å². The number of fused-ring (bicyclic) bond motifs is 1. The number of aliphatic hydroxyl groups is 1. The summed E-state index contributed by atoms with van der Waals surface area (Å²) in [6.07, 6.45) is 1.16. The van der Waals surface area contributed by atoms with Crippen molar-refractivity contribution in [3.8, 4) is 17.1 Å². The Labute approximate surface area is 116 Å². The van der Waals surface area contributed by atoms with E-state index < -0.39 is 6.10 Å². The highest BCUT2D eigenvalue weighted by atomic mass is 35.5. The Morgan fingerprint density at radius 3 is 2.79 bits per heavy atom. The van der Waals surface area contributed by atoms with Gasteiger partial charge in [0, 0.05) is 12.1 Å². The van der Waals surface area contributed by atoms with Gasteiger partial charge in [-0.25, -0.2) is 4.98 Å². The first kappa shape index (κ1) is 12.5. The topological polar surface area (TPSA) is 47.3 Å². The molecule has 0 saturated heterocycles. The molecule has 1 aliphatic heterocycles. The number of halogens is 1. The van der Waals surface area contributed by atoms with Crippen LogP contribution in [-0.2, 0) is 6.54 Å². The summed E-state index contributed by atoms with van der Waals surface area (Å²) in [5.41, 5.74) is 1.71. The van der Waals surface area contributed by atoms with Crippen molar-refractivity contribution in [2.24, 2.45) is 0 Å². The van der Waals surface area contributed by atoms with Crippen molar-refractivity contribution in [2.75, 3.05) is 7.11 Å². The SMILES string of the molecule is COc1ccc(-c2nc(Cl)c3n2CCCC3O)cc1. The van der Waals surface area contributed by atoms with Gasteiger partial charge in [0.05, 0.1) is 18.9 Å². The molecule has 1 aromatic carbocycles. The normalized spacial score (nSPS) is 18.2. The molecule has 0 amide bonds. The van der Waals surface area contributed by atoms with E-state index >= 15 is 0 Å². The minimum atomic E-state index is -0.513. The zero-order valence-electron chi connectivity index (χ0n) is 10.6. The molecule has 5 heteroatoms. The zero-order valence-corrected chi connectivity index (χ0v) is 11.4. The van der Waals surface area contributed by atoms with E-state index in [4.69, 9.17) is 16.3 Å². The summed E-state index contributed by atoms with van der Waals surface area (Å²) in [5.74, 6) is 1.61. The molecule has 19 heavy (non-hydrogen) atoms. The Morgan fingerprint density at radius 2 is 2.11 bits per heavy atom. The number of ether oxygens (including phenoxy) is 1. The molecule has 1 aromatic heterocycles. The quantitative estimate of drug-likeness (QED) is 0.918. The Bertz CT molecular complexity index is 592. The number of aromatic nitrogens is 2. The molecule has 1 N–H and O–H groups in total. The predicted molar refractivity (Wildman–Crippen MR) is 73.4 cm³/mol. The summed E-state index contributed by atoms with van der Waals surface area (Å²) < 4.78 is 7.16. The lowest BCUT2D eigenvalue weighted by molar-refractivity contribution is 0.139. The lowest BCUT2D eigenvalue weighted by Crippen LogP contribution is -2.15. The van der Waals surface area contributed by atoms with Crippen molar-refractivity contribution in [2.45, 2.75) is 25.5 Å². The van der Waals surface area contributed by atoms with Crippen LogP contribution in [0.1, 0.15) is 24.6 Å². The van der Waals surface area contributed by atoms with E-state index in [1.807, 2.05) is 28.8 Å². The monoisotopic (exact) mass is 278 g/mol. The van der Waals surface area contributed by atoms with Crippen molar-refractivity contribution in [3.63, 3.8) is 0 Å². The third kappa shape index (κ3) is 2.11. The van der Waals surface area contributed by atoms with Gasteiger partial charge in [-0.3, -0.25) is 0 Å². The molecule has 2 aromatic rings. The predicted octanol–water partition coefficient (Wildman–Crippen LogP) is 3.04. The number of methoxy groups -OCH3 is 1. The fourth-order valence-electron chi connectivity index (χ4n) is 2.52. The van der Waals surface area contributed by atoms with Crippen molar-refractivity contribution in [1.82, 2.24) is 9.55 Å². The number of aliphatic hydroxyl groups excluding tert-OH is 1. The highest BCUT2D eigenvalue weighted by Gasteiger charge is 2.26. The summed E-state index contributed by atoms with van der Waals surface area (Å²) >= 11 is 6.15. The second-order valence-electron chi connectivity index (χ2n) is 4.65. The summed E-state index contributed by atoms with van der Waals surface area (Å²) in [4.78, 5) is 4.40. The summed E-state index contributed by atoms with van der Waals surface area (Å²) in [6, 6.07) is 7.69. The molecule has 1 unspecified atom stereocenters. The summed E-state index contributed by atoms with van der Waals surface area (Å²) in [5, 5.41) is 10.4. The Hall–Kier alpha value is -1.52. The van der Waals surface area contributed by atoms with Crippen LogP contribution in [0.4, 0.5) is 0 Å². The molecule has 0 bridgehead atoms. The van der Waals surface area contributed by atoms with E-state index in [1.54, 1.807) is 7.11 Å². The van der Waals surface area contributed by atoms with Gasteiger partial charge in [0.15, 0.2) is 5.15 Å². The van der Waals surface area contributed by atoms with Gasteiger partial charge < -0.3 is 14.4 Å². The first-order valence-electron chi connectivity index (χ1n) is 6.29. The summed E-state index contributed by atoms with van der Waals surface area (Å²) in [6.45, 7) is 0.841. The average Bonchev–Trinajstić information content (AvgIpc) is 2.78. The van der Waals surface area contributed by atoms with E-state index in [-0.39, 0.29) is 0 Å². The van der Waals surface area contributed by atoms with E-state index in [2.05, 4.69) is 4.98 Å². The summed E-state index contributed by atoms with van der Waals surface area (Å²) in [7, 11) is 1.64. The maximum Gasteiger partial charge on any atom is 0.153 e. The van der Waals surface area contributed by atoms with E-state index in [0.717, 1.165) is 42.2 Å². The average molecular weight is 279 g/mol. The molecule has 100 valence electrons. The number of imidazole rings is 1. The highest BCUT2D eigenvalue weighted by Crippen LogP contribution is 2.35. The van der Waals surface area contributed by atoms with Gasteiger partial charge in [-0.2, -0.15) is 0 Å². The molecule has 0 spiro atoms. The fraction of sp³-hybridized carbons (Fsp3) is 0.357. The lowest BCUT2D eigenvalue weighted by Gasteiger charge is -2.21.